The molecular formula is C21H17FN2O2. The van der Waals surface area contributed by atoms with E-state index in [9.17, 15) is 9.18 Å². The molecule has 3 aromatic carbocycles. The average Bonchev–Trinajstić information content (AvgIpc) is 2.68. The van der Waals surface area contributed by atoms with Crippen LogP contribution in [-0.4, -0.2) is 12.1 Å². The number of halogens is 1. The van der Waals surface area contributed by atoms with Gasteiger partial charge in [-0.05, 0) is 47.5 Å². The minimum Gasteiger partial charge on any atom is -0.489 e. The summed E-state index contributed by atoms with van der Waals surface area (Å²) in [6.07, 6.45) is 1.49. The van der Waals surface area contributed by atoms with Crippen molar-refractivity contribution < 1.29 is 13.9 Å². The number of hydrogen-bond donors (Lipinski definition) is 1. The fraction of sp³-hybridized carbons (Fsp3) is 0.0476. The highest BCUT2D eigenvalue weighted by Gasteiger charge is 2.09. The Hall–Kier alpha value is -3.47. The quantitative estimate of drug-likeness (QED) is 0.537. The molecule has 1 amide bonds. The van der Waals surface area contributed by atoms with Gasteiger partial charge >= 0.3 is 0 Å². The molecule has 0 radical (unpaired) electrons. The van der Waals surface area contributed by atoms with E-state index in [4.69, 9.17) is 4.74 Å². The Morgan fingerprint density at radius 3 is 2.38 bits per heavy atom. The number of carbonyl (C=O) groups is 1. The first-order valence-electron chi connectivity index (χ1n) is 8.07. The number of hydrogen-bond acceptors (Lipinski definition) is 3. The molecule has 0 heterocycles. The summed E-state index contributed by atoms with van der Waals surface area (Å²) in [5.74, 6) is -0.441. The number of amides is 1. The predicted octanol–water partition coefficient (Wildman–Crippen LogP) is 4.17. The van der Waals surface area contributed by atoms with Crippen molar-refractivity contribution in [3.05, 3.63) is 101 Å². The van der Waals surface area contributed by atoms with Crippen LogP contribution in [0.1, 0.15) is 21.5 Å². The lowest BCUT2D eigenvalue weighted by atomic mass is 10.2. The molecule has 0 aliphatic carbocycles. The third-order valence-electron chi connectivity index (χ3n) is 3.63. The molecule has 0 aliphatic rings. The van der Waals surface area contributed by atoms with Crippen LogP contribution in [0.15, 0.2) is 84.0 Å². The van der Waals surface area contributed by atoms with Crippen LogP contribution in [0.25, 0.3) is 0 Å². The minimum atomic E-state index is -0.595. The van der Waals surface area contributed by atoms with Gasteiger partial charge in [0.05, 0.1) is 11.8 Å². The molecule has 0 saturated heterocycles. The molecule has 0 aliphatic heterocycles. The number of ether oxygens (including phenoxy) is 1. The van der Waals surface area contributed by atoms with Crippen LogP contribution in [0.2, 0.25) is 0 Å². The van der Waals surface area contributed by atoms with Crippen LogP contribution in [0.3, 0.4) is 0 Å². The van der Waals surface area contributed by atoms with Gasteiger partial charge in [0.2, 0.25) is 0 Å². The van der Waals surface area contributed by atoms with Crippen LogP contribution < -0.4 is 10.2 Å². The smallest absolute Gasteiger partial charge is 0.274 e. The lowest BCUT2D eigenvalue weighted by Crippen LogP contribution is -2.18. The van der Waals surface area contributed by atoms with Crippen molar-refractivity contribution in [2.24, 2.45) is 5.10 Å². The van der Waals surface area contributed by atoms with Crippen molar-refractivity contribution in [3.63, 3.8) is 0 Å². The van der Waals surface area contributed by atoms with Gasteiger partial charge in [-0.15, -0.1) is 0 Å². The van der Waals surface area contributed by atoms with E-state index < -0.39 is 11.7 Å². The van der Waals surface area contributed by atoms with Crippen molar-refractivity contribution in [2.45, 2.75) is 6.61 Å². The Morgan fingerprint density at radius 2 is 1.65 bits per heavy atom. The van der Waals surface area contributed by atoms with E-state index >= 15 is 0 Å². The van der Waals surface area contributed by atoms with E-state index in [0.29, 0.717) is 6.61 Å². The third kappa shape index (κ3) is 4.77. The lowest BCUT2D eigenvalue weighted by Gasteiger charge is -2.06. The Labute approximate surface area is 150 Å². The minimum absolute atomic E-state index is 0.0469. The van der Waals surface area contributed by atoms with Crippen molar-refractivity contribution in [1.82, 2.24) is 5.43 Å². The van der Waals surface area contributed by atoms with Crippen LogP contribution in [0.4, 0.5) is 4.39 Å². The van der Waals surface area contributed by atoms with E-state index in [2.05, 4.69) is 10.5 Å². The first-order chi connectivity index (χ1) is 12.7. The Morgan fingerprint density at radius 1 is 0.962 bits per heavy atom. The number of benzene rings is 3. The summed E-state index contributed by atoms with van der Waals surface area (Å²) < 4.78 is 19.2. The summed E-state index contributed by atoms with van der Waals surface area (Å²) in [5.41, 5.74) is 4.14. The maximum atomic E-state index is 13.5. The fourth-order valence-electron chi connectivity index (χ4n) is 2.26. The van der Waals surface area contributed by atoms with Crippen LogP contribution in [-0.2, 0) is 6.61 Å². The molecule has 26 heavy (non-hydrogen) atoms. The number of carbonyl (C=O) groups excluding carboxylic acids is 1. The third-order valence-corrected chi connectivity index (χ3v) is 3.63. The molecule has 5 heteroatoms. The van der Waals surface area contributed by atoms with Crippen molar-refractivity contribution in [2.75, 3.05) is 0 Å². The maximum Gasteiger partial charge on any atom is 0.274 e. The first kappa shape index (κ1) is 17.4. The Bertz CT molecular complexity index is 893. The maximum absolute atomic E-state index is 13.5. The molecule has 3 rings (SSSR count). The summed E-state index contributed by atoms with van der Waals surface area (Å²) in [6.45, 7) is 0.493. The SMILES string of the molecule is O=C(N/N=C/c1ccc(OCc2ccccc2)cc1)c1ccccc1F. The van der Waals surface area contributed by atoms with Gasteiger partial charge in [0.15, 0.2) is 0 Å². The van der Waals surface area contributed by atoms with Gasteiger partial charge in [-0.2, -0.15) is 5.10 Å². The van der Waals surface area contributed by atoms with Gasteiger partial charge in [-0.25, -0.2) is 9.82 Å². The second kappa shape index (κ2) is 8.58. The van der Waals surface area contributed by atoms with Crippen molar-refractivity contribution in [1.29, 1.82) is 0 Å². The number of rotatable bonds is 6. The van der Waals surface area contributed by atoms with Crippen LogP contribution in [0, 0.1) is 5.82 Å². The van der Waals surface area contributed by atoms with Gasteiger partial charge in [0, 0.05) is 0 Å². The fourth-order valence-corrected chi connectivity index (χ4v) is 2.26. The molecule has 0 atom stereocenters. The largest absolute Gasteiger partial charge is 0.489 e. The molecule has 3 aromatic rings. The molecule has 0 unspecified atom stereocenters. The molecular weight excluding hydrogens is 331 g/mol. The van der Waals surface area contributed by atoms with Gasteiger partial charge in [0.1, 0.15) is 18.2 Å². The summed E-state index contributed by atoms with van der Waals surface area (Å²) in [4.78, 5) is 11.8. The molecule has 4 nitrogen and oxygen atoms in total. The van der Waals surface area contributed by atoms with E-state index in [1.807, 2.05) is 54.6 Å². The van der Waals surface area contributed by atoms with Crippen LogP contribution >= 0.6 is 0 Å². The molecule has 0 spiro atoms. The molecule has 0 bridgehead atoms. The zero-order chi connectivity index (χ0) is 18.2. The number of nitrogens with one attached hydrogen (secondary N) is 1. The Balaban J connectivity index is 1.53. The number of hydrazone groups is 1. The predicted molar refractivity (Wildman–Crippen MR) is 98.7 cm³/mol. The topological polar surface area (TPSA) is 50.7 Å². The zero-order valence-corrected chi connectivity index (χ0v) is 13.9. The van der Waals surface area contributed by atoms with E-state index in [-0.39, 0.29) is 5.56 Å². The standard InChI is InChI=1S/C21H17FN2O2/c22-20-9-5-4-8-19(20)21(25)24-23-14-16-10-12-18(13-11-16)26-15-17-6-2-1-3-7-17/h1-14H,15H2,(H,24,25)/b23-14+. The highest BCUT2D eigenvalue weighted by atomic mass is 19.1. The highest BCUT2D eigenvalue weighted by Crippen LogP contribution is 2.13. The summed E-state index contributed by atoms with van der Waals surface area (Å²) in [5, 5.41) is 3.85. The van der Waals surface area contributed by atoms with E-state index in [1.165, 1.54) is 24.4 Å². The van der Waals surface area contributed by atoms with Crippen LogP contribution in [0.5, 0.6) is 5.75 Å². The molecule has 0 fully saturated rings. The van der Waals surface area contributed by atoms with Gasteiger partial charge in [-0.1, -0.05) is 42.5 Å². The monoisotopic (exact) mass is 348 g/mol. The Kier molecular flexibility index (Phi) is 5.72. The summed E-state index contributed by atoms with van der Waals surface area (Å²) in [6, 6.07) is 22.9. The summed E-state index contributed by atoms with van der Waals surface area (Å²) in [7, 11) is 0. The van der Waals surface area contributed by atoms with Gasteiger partial charge in [0.25, 0.3) is 5.91 Å². The second-order valence-corrected chi connectivity index (χ2v) is 5.52. The van der Waals surface area contributed by atoms with Gasteiger partial charge in [-0.3, -0.25) is 4.79 Å². The molecule has 130 valence electrons. The lowest BCUT2D eigenvalue weighted by molar-refractivity contribution is 0.0951. The number of nitrogens with zero attached hydrogens (tertiary/aromatic N) is 1. The summed E-state index contributed by atoms with van der Waals surface area (Å²) >= 11 is 0. The second-order valence-electron chi connectivity index (χ2n) is 5.52. The normalized spacial score (nSPS) is 10.7. The average molecular weight is 348 g/mol. The highest BCUT2D eigenvalue weighted by molar-refractivity contribution is 5.95. The molecule has 1 N–H and O–H groups in total. The van der Waals surface area contributed by atoms with E-state index in [0.717, 1.165) is 16.9 Å². The molecule has 0 aromatic heterocycles. The zero-order valence-electron chi connectivity index (χ0n) is 13.9. The van der Waals surface area contributed by atoms with E-state index in [1.54, 1.807) is 6.07 Å². The van der Waals surface area contributed by atoms with Crippen molar-refractivity contribution >= 4 is 12.1 Å². The van der Waals surface area contributed by atoms with Gasteiger partial charge < -0.3 is 4.74 Å². The first-order valence-corrected chi connectivity index (χ1v) is 8.07. The molecule has 0 saturated carbocycles. The van der Waals surface area contributed by atoms with Crippen molar-refractivity contribution in [3.8, 4) is 5.75 Å².